The summed E-state index contributed by atoms with van der Waals surface area (Å²) < 4.78 is 3.12. The second kappa shape index (κ2) is 6.03. The molecule has 0 aliphatic carbocycles. The number of amides is 2. The third-order valence-corrected chi connectivity index (χ3v) is 6.08. The van der Waals surface area contributed by atoms with E-state index in [0.717, 1.165) is 30.7 Å². The van der Waals surface area contributed by atoms with Crippen molar-refractivity contribution in [3.05, 3.63) is 34.2 Å². The number of carbonyl (C=O) groups excluding carboxylic acids is 2. The van der Waals surface area contributed by atoms with E-state index in [4.69, 9.17) is 0 Å². The summed E-state index contributed by atoms with van der Waals surface area (Å²) in [5.74, 6) is -0.675. The number of piperazine rings is 1. The van der Waals surface area contributed by atoms with Gasteiger partial charge in [-0.25, -0.2) is 4.79 Å². The monoisotopic (exact) mass is 369 g/mol. The first-order valence-electron chi connectivity index (χ1n) is 9.51. The van der Waals surface area contributed by atoms with Gasteiger partial charge in [0.25, 0.3) is 0 Å². The van der Waals surface area contributed by atoms with E-state index in [9.17, 15) is 14.4 Å². The van der Waals surface area contributed by atoms with Crippen molar-refractivity contribution >= 4 is 22.8 Å². The van der Waals surface area contributed by atoms with E-state index in [2.05, 4.69) is 15.5 Å². The molecule has 8 heteroatoms. The van der Waals surface area contributed by atoms with Gasteiger partial charge in [-0.3, -0.25) is 28.9 Å². The lowest BCUT2D eigenvalue weighted by molar-refractivity contribution is -0.135. The van der Waals surface area contributed by atoms with Gasteiger partial charge in [0.1, 0.15) is 6.04 Å². The van der Waals surface area contributed by atoms with Crippen molar-refractivity contribution in [3.8, 4) is 0 Å². The third-order valence-electron chi connectivity index (χ3n) is 6.08. The van der Waals surface area contributed by atoms with Crippen molar-refractivity contribution in [1.29, 1.82) is 0 Å². The molecule has 4 fully saturated rings. The molecular formula is C19H23N5O3. The number of rotatable bonds is 3. The summed E-state index contributed by atoms with van der Waals surface area (Å²) in [4.78, 5) is 38.9. The van der Waals surface area contributed by atoms with Crippen LogP contribution in [0.15, 0.2) is 23.0 Å². The molecule has 2 bridgehead atoms. The number of imidazole rings is 1. The van der Waals surface area contributed by atoms with E-state index < -0.39 is 11.9 Å². The fourth-order valence-electron chi connectivity index (χ4n) is 4.73. The van der Waals surface area contributed by atoms with E-state index in [1.807, 2.05) is 18.2 Å². The fraction of sp³-hybridized carbons (Fsp3) is 0.526. The number of benzene rings is 1. The average molecular weight is 369 g/mol. The van der Waals surface area contributed by atoms with Crippen LogP contribution in [0.3, 0.4) is 0 Å². The minimum atomic E-state index is -0.634. The number of piperidine rings is 2. The Kier molecular flexibility index (Phi) is 3.73. The fourth-order valence-corrected chi connectivity index (χ4v) is 4.73. The van der Waals surface area contributed by atoms with Crippen molar-refractivity contribution in [2.24, 2.45) is 7.05 Å². The van der Waals surface area contributed by atoms with Gasteiger partial charge in [-0.15, -0.1) is 0 Å². The van der Waals surface area contributed by atoms with Gasteiger partial charge >= 0.3 is 5.69 Å². The Bertz CT molecular complexity index is 991. The smallest absolute Gasteiger partial charge is 0.309 e. The normalized spacial score (nSPS) is 28.3. The minimum absolute atomic E-state index is 0.222. The van der Waals surface area contributed by atoms with Gasteiger partial charge in [0.2, 0.25) is 11.8 Å². The van der Waals surface area contributed by atoms with Crippen LogP contribution in [0.25, 0.3) is 11.0 Å². The molecular weight excluding hydrogens is 346 g/mol. The second-order valence-electron chi connectivity index (χ2n) is 7.99. The lowest BCUT2D eigenvalue weighted by Crippen LogP contribution is -2.66. The van der Waals surface area contributed by atoms with Crippen LogP contribution in [-0.4, -0.2) is 51.0 Å². The highest BCUT2D eigenvalue weighted by molar-refractivity contribution is 6.00. The Hall–Kier alpha value is -2.45. The Balaban J connectivity index is 1.47. The van der Waals surface area contributed by atoms with Crippen LogP contribution in [-0.2, 0) is 23.2 Å². The molecule has 0 saturated carbocycles. The third kappa shape index (κ3) is 2.71. The highest BCUT2D eigenvalue weighted by Crippen LogP contribution is 2.26. The number of nitrogens with one attached hydrogen (secondary N) is 2. The molecule has 27 heavy (non-hydrogen) atoms. The molecule has 4 aliphatic rings. The Morgan fingerprint density at radius 2 is 1.85 bits per heavy atom. The number of aryl methyl sites for hydroxylation is 1. The summed E-state index contributed by atoms with van der Waals surface area (Å²) in [5, 5.41) is 5.88. The van der Waals surface area contributed by atoms with Crippen molar-refractivity contribution in [1.82, 2.24) is 24.7 Å². The highest BCUT2D eigenvalue weighted by Gasteiger charge is 2.36. The zero-order chi connectivity index (χ0) is 18.7. The van der Waals surface area contributed by atoms with Gasteiger partial charge in [-0.05, 0) is 30.5 Å². The molecule has 1 aromatic carbocycles. The van der Waals surface area contributed by atoms with Crippen LogP contribution >= 0.6 is 0 Å². The van der Waals surface area contributed by atoms with Gasteiger partial charge in [0, 0.05) is 45.2 Å². The van der Waals surface area contributed by atoms with Crippen LogP contribution in [0.1, 0.15) is 30.9 Å². The lowest BCUT2D eigenvalue weighted by atomic mass is 9.91. The molecule has 3 atom stereocenters. The Morgan fingerprint density at radius 3 is 2.56 bits per heavy atom. The maximum Gasteiger partial charge on any atom is 0.329 e. The van der Waals surface area contributed by atoms with E-state index in [0.29, 0.717) is 18.5 Å². The predicted molar refractivity (Wildman–Crippen MR) is 99.2 cm³/mol. The number of nitrogens with zero attached hydrogens (tertiary/aromatic N) is 3. The van der Waals surface area contributed by atoms with E-state index >= 15 is 0 Å². The van der Waals surface area contributed by atoms with Crippen molar-refractivity contribution in [2.45, 2.75) is 43.9 Å². The first-order chi connectivity index (χ1) is 13.0. The molecule has 3 unspecified atom stereocenters. The van der Waals surface area contributed by atoms with E-state index in [-0.39, 0.29) is 18.0 Å². The van der Waals surface area contributed by atoms with Crippen LogP contribution in [0, 0.1) is 0 Å². The zero-order valence-electron chi connectivity index (χ0n) is 15.3. The van der Waals surface area contributed by atoms with E-state index in [1.54, 1.807) is 11.6 Å². The number of carbonyl (C=O) groups is 2. The second-order valence-corrected chi connectivity index (χ2v) is 7.99. The van der Waals surface area contributed by atoms with E-state index in [1.165, 1.54) is 16.6 Å². The number of fused-ring (bicyclic) bond motifs is 3. The van der Waals surface area contributed by atoms with Gasteiger partial charge in [0.15, 0.2) is 0 Å². The van der Waals surface area contributed by atoms with Crippen molar-refractivity contribution < 1.29 is 9.59 Å². The Labute approximate surface area is 156 Å². The predicted octanol–water partition coefficient (Wildman–Crippen LogP) is -0.136. The molecule has 1 aromatic heterocycles. The standard InChI is InChI=1S/C19H23N5O3/c1-22-16-6-11(8-23-9-12-7-13(10-23)20-12)2-3-14(16)24(19(22)27)15-4-5-17(25)21-18(15)26/h2-3,6,12-13,15,20H,4-5,7-10H2,1H3,(H,21,25,26). The Morgan fingerprint density at radius 1 is 1.11 bits per heavy atom. The zero-order valence-corrected chi connectivity index (χ0v) is 15.3. The molecule has 4 aliphatic heterocycles. The largest absolute Gasteiger partial charge is 0.329 e. The highest BCUT2D eigenvalue weighted by atomic mass is 16.2. The summed E-state index contributed by atoms with van der Waals surface area (Å²) in [7, 11) is 1.73. The van der Waals surface area contributed by atoms with Crippen molar-refractivity contribution in [2.75, 3.05) is 13.1 Å². The molecule has 2 N–H and O–H groups in total. The topological polar surface area (TPSA) is 88.4 Å². The summed E-state index contributed by atoms with van der Waals surface area (Å²) in [6.07, 6.45) is 1.89. The first-order valence-corrected chi connectivity index (χ1v) is 9.51. The molecule has 2 aromatic rings. The first kappa shape index (κ1) is 16.7. The SMILES string of the molecule is Cn1c(=O)n(C2CCC(=O)NC2=O)c2ccc(CN3CC4CC(C3)N4)cc21. The summed E-state index contributed by atoms with van der Waals surface area (Å²) in [6, 6.07) is 6.62. The molecule has 4 saturated heterocycles. The number of hydrogen-bond acceptors (Lipinski definition) is 5. The van der Waals surface area contributed by atoms with Gasteiger partial charge in [0.05, 0.1) is 11.0 Å². The number of aromatic nitrogens is 2. The molecule has 0 radical (unpaired) electrons. The molecule has 0 spiro atoms. The molecule has 6 rings (SSSR count). The average Bonchev–Trinajstić information content (AvgIpc) is 2.86. The molecule has 2 amide bonds. The summed E-state index contributed by atoms with van der Waals surface area (Å²) in [6.45, 7) is 2.98. The molecule has 8 nitrogen and oxygen atoms in total. The van der Waals surface area contributed by atoms with Crippen LogP contribution in [0.2, 0.25) is 0 Å². The minimum Gasteiger partial charge on any atom is -0.309 e. The summed E-state index contributed by atoms with van der Waals surface area (Å²) in [5.41, 5.74) is 2.51. The lowest BCUT2D eigenvalue weighted by Gasteiger charge is -2.48. The molecule has 5 heterocycles. The van der Waals surface area contributed by atoms with Gasteiger partial charge < -0.3 is 5.32 Å². The number of imide groups is 1. The quantitative estimate of drug-likeness (QED) is 0.736. The maximum atomic E-state index is 12.8. The van der Waals surface area contributed by atoms with Crippen molar-refractivity contribution in [3.63, 3.8) is 0 Å². The van der Waals surface area contributed by atoms with Gasteiger partial charge in [-0.1, -0.05) is 6.07 Å². The number of hydrogen-bond donors (Lipinski definition) is 2. The van der Waals surface area contributed by atoms with Crippen LogP contribution < -0.4 is 16.3 Å². The van der Waals surface area contributed by atoms with Gasteiger partial charge in [-0.2, -0.15) is 0 Å². The maximum absolute atomic E-state index is 12.8. The van der Waals surface area contributed by atoms with Crippen LogP contribution in [0.4, 0.5) is 0 Å². The van der Waals surface area contributed by atoms with Crippen LogP contribution in [0.5, 0.6) is 0 Å². The summed E-state index contributed by atoms with van der Waals surface area (Å²) >= 11 is 0. The molecule has 142 valence electrons.